The minimum absolute atomic E-state index is 0.0557. The molecule has 154 valence electrons. The van der Waals surface area contributed by atoms with Crippen LogP contribution < -0.4 is 4.74 Å². The third-order valence-corrected chi connectivity index (χ3v) is 6.64. The van der Waals surface area contributed by atoms with Gasteiger partial charge >= 0.3 is 0 Å². The molecule has 0 unspecified atom stereocenters. The average Bonchev–Trinajstić information content (AvgIpc) is 3.50. The first-order valence-electron chi connectivity index (χ1n) is 9.35. The Morgan fingerprint density at radius 3 is 2.80 bits per heavy atom. The van der Waals surface area contributed by atoms with Crippen molar-refractivity contribution in [2.75, 3.05) is 12.9 Å². The van der Waals surface area contributed by atoms with Crippen molar-refractivity contribution in [2.24, 2.45) is 0 Å². The lowest BCUT2D eigenvalue weighted by atomic mass is 10.2. The van der Waals surface area contributed by atoms with Gasteiger partial charge in [0.2, 0.25) is 5.16 Å². The molecule has 0 aliphatic rings. The quantitative estimate of drug-likeness (QED) is 0.303. The van der Waals surface area contributed by atoms with Gasteiger partial charge in [0, 0.05) is 21.8 Å². The summed E-state index contributed by atoms with van der Waals surface area (Å²) in [4.78, 5) is 14.2. The molecule has 0 saturated heterocycles. The Morgan fingerprint density at radius 1 is 1.20 bits per heavy atom. The number of aromatic nitrogens is 5. The van der Waals surface area contributed by atoms with Crippen LogP contribution in [0.4, 0.5) is 0 Å². The lowest BCUT2D eigenvalue weighted by Crippen LogP contribution is -2.08. The smallest absolute Gasteiger partial charge is 0.214 e. The van der Waals surface area contributed by atoms with Gasteiger partial charge in [-0.25, -0.2) is 0 Å². The molecule has 0 radical (unpaired) electrons. The zero-order valence-corrected chi connectivity index (χ0v) is 18.5. The second-order valence-electron chi connectivity index (χ2n) is 6.71. The van der Waals surface area contributed by atoms with E-state index in [0.29, 0.717) is 10.9 Å². The van der Waals surface area contributed by atoms with E-state index in [1.165, 1.54) is 16.6 Å². The number of carbonyl (C=O) groups excluding carboxylic acids is 1. The zero-order valence-electron chi connectivity index (χ0n) is 16.9. The van der Waals surface area contributed by atoms with Gasteiger partial charge in [0.05, 0.1) is 19.4 Å². The monoisotopic (exact) mass is 439 g/mol. The number of hydrogen-bond acceptors (Lipinski definition) is 7. The molecule has 7 nitrogen and oxygen atoms in total. The number of ether oxygens (including phenoxy) is 1. The van der Waals surface area contributed by atoms with E-state index in [1.54, 1.807) is 23.1 Å². The molecule has 0 bridgehead atoms. The number of benzene rings is 1. The Kier molecular flexibility index (Phi) is 6.01. The first kappa shape index (κ1) is 20.4. The summed E-state index contributed by atoms with van der Waals surface area (Å²) < 4.78 is 9.18. The van der Waals surface area contributed by atoms with Crippen molar-refractivity contribution in [3.05, 3.63) is 69.7 Å². The maximum absolute atomic E-state index is 13.0. The second-order valence-corrected chi connectivity index (χ2v) is 8.68. The minimum Gasteiger partial charge on any atom is -0.494 e. The van der Waals surface area contributed by atoms with Gasteiger partial charge in [0.1, 0.15) is 11.4 Å². The Bertz CT molecular complexity index is 1160. The number of thioether (sulfide) groups is 1. The molecule has 1 aromatic carbocycles. The molecule has 0 fully saturated rings. The Labute approximate surface area is 182 Å². The highest BCUT2D eigenvalue weighted by Crippen LogP contribution is 2.27. The molecule has 4 aromatic rings. The Balaban J connectivity index is 1.51. The highest BCUT2D eigenvalue weighted by molar-refractivity contribution is 7.99. The number of tetrazole rings is 1. The van der Waals surface area contributed by atoms with Gasteiger partial charge in [-0.15, -0.1) is 16.4 Å². The van der Waals surface area contributed by atoms with E-state index in [-0.39, 0.29) is 11.5 Å². The summed E-state index contributed by atoms with van der Waals surface area (Å²) in [6.45, 7) is 4.81. The van der Waals surface area contributed by atoms with E-state index in [9.17, 15) is 4.79 Å². The van der Waals surface area contributed by atoms with E-state index >= 15 is 0 Å². The van der Waals surface area contributed by atoms with Crippen LogP contribution in [-0.2, 0) is 6.54 Å². The number of rotatable bonds is 8. The zero-order chi connectivity index (χ0) is 21.1. The van der Waals surface area contributed by atoms with Crippen LogP contribution in [0.25, 0.3) is 5.69 Å². The lowest BCUT2D eigenvalue weighted by Gasteiger charge is -2.09. The number of hydrogen-bond donors (Lipinski definition) is 0. The van der Waals surface area contributed by atoms with Crippen LogP contribution in [0.15, 0.2) is 53.0 Å². The van der Waals surface area contributed by atoms with Crippen molar-refractivity contribution in [3.63, 3.8) is 0 Å². The second kappa shape index (κ2) is 8.85. The van der Waals surface area contributed by atoms with E-state index in [2.05, 4.69) is 31.5 Å². The van der Waals surface area contributed by atoms with Crippen molar-refractivity contribution in [1.29, 1.82) is 0 Å². The van der Waals surface area contributed by atoms with Crippen molar-refractivity contribution in [2.45, 2.75) is 25.5 Å². The third kappa shape index (κ3) is 4.03. The molecule has 0 spiro atoms. The summed E-state index contributed by atoms with van der Waals surface area (Å²) in [5.74, 6) is 0.967. The summed E-state index contributed by atoms with van der Waals surface area (Å²) in [5.41, 5.74) is 3.53. The molecular weight excluding hydrogens is 418 g/mol. The summed E-state index contributed by atoms with van der Waals surface area (Å²) in [7, 11) is 1.60. The van der Waals surface area contributed by atoms with Gasteiger partial charge in [-0.1, -0.05) is 30.0 Å². The Hall–Kier alpha value is -2.91. The number of thiophene rings is 1. The van der Waals surface area contributed by atoms with E-state index in [4.69, 9.17) is 4.74 Å². The van der Waals surface area contributed by atoms with E-state index in [0.717, 1.165) is 29.2 Å². The number of Topliss-reactive ketones (excluding diaryl/α,β-unsaturated/α-hetero) is 1. The van der Waals surface area contributed by atoms with E-state index < -0.39 is 0 Å². The SMILES string of the molecule is COc1ccccc1-n1nnnc1SCC(=O)c1cc(C)n(Cc2cccs2)c1C. The predicted octanol–water partition coefficient (Wildman–Crippen LogP) is 4.17. The molecular formula is C21H21N5O2S2. The minimum atomic E-state index is 0.0557. The molecule has 4 rings (SSSR count). The van der Waals surface area contributed by atoms with Crippen molar-refractivity contribution in [3.8, 4) is 11.4 Å². The summed E-state index contributed by atoms with van der Waals surface area (Å²) in [6, 6.07) is 13.6. The fourth-order valence-corrected chi connectivity index (χ4v) is 4.78. The maximum Gasteiger partial charge on any atom is 0.214 e. The molecule has 3 heterocycles. The van der Waals surface area contributed by atoms with Gasteiger partial charge in [-0.05, 0) is 53.9 Å². The first-order valence-corrected chi connectivity index (χ1v) is 11.2. The van der Waals surface area contributed by atoms with Crippen molar-refractivity contribution in [1.82, 2.24) is 24.8 Å². The number of carbonyl (C=O) groups is 1. The van der Waals surface area contributed by atoms with Crippen LogP contribution in [0.2, 0.25) is 0 Å². The highest BCUT2D eigenvalue weighted by Gasteiger charge is 2.19. The van der Waals surface area contributed by atoms with Crippen LogP contribution in [0, 0.1) is 13.8 Å². The largest absolute Gasteiger partial charge is 0.494 e. The normalized spacial score (nSPS) is 11.0. The van der Waals surface area contributed by atoms with Gasteiger partial charge in [0.15, 0.2) is 5.78 Å². The van der Waals surface area contributed by atoms with Gasteiger partial charge < -0.3 is 9.30 Å². The van der Waals surface area contributed by atoms with Crippen molar-refractivity contribution >= 4 is 28.9 Å². The molecule has 0 atom stereocenters. The molecule has 0 N–H and O–H groups in total. The van der Waals surface area contributed by atoms with Crippen LogP contribution >= 0.6 is 23.1 Å². The molecule has 3 aromatic heterocycles. The number of aryl methyl sites for hydroxylation is 1. The lowest BCUT2D eigenvalue weighted by molar-refractivity contribution is 0.102. The van der Waals surface area contributed by atoms with Crippen LogP contribution in [-0.4, -0.2) is 43.4 Å². The molecule has 0 aliphatic heterocycles. The molecule has 30 heavy (non-hydrogen) atoms. The molecule has 0 aliphatic carbocycles. The summed E-state index contributed by atoms with van der Waals surface area (Å²) in [5, 5.41) is 14.5. The average molecular weight is 440 g/mol. The van der Waals surface area contributed by atoms with Gasteiger partial charge in [-0.3, -0.25) is 4.79 Å². The van der Waals surface area contributed by atoms with E-state index in [1.807, 2.05) is 50.2 Å². The summed E-state index contributed by atoms with van der Waals surface area (Å²) in [6.07, 6.45) is 0. The summed E-state index contributed by atoms with van der Waals surface area (Å²) >= 11 is 3.03. The number of nitrogens with zero attached hydrogens (tertiary/aromatic N) is 5. The fraction of sp³-hybridized carbons (Fsp3) is 0.238. The molecule has 0 amide bonds. The van der Waals surface area contributed by atoms with Crippen LogP contribution in [0.3, 0.4) is 0 Å². The highest BCUT2D eigenvalue weighted by atomic mass is 32.2. The number of para-hydroxylation sites is 2. The molecule has 9 heteroatoms. The fourth-order valence-electron chi connectivity index (χ4n) is 3.32. The predicted molar refractivity (Wildman–Crippen MR) is 118 cm³/mol. The number of methoxy groups -OCH3 is 1. The Morgan fingerprint density at radius 2 is 2.03 bits per heavy atom. The topological polar surface area (TPSA) is 74.8 Å². The van der Waals surface area contributed by atoms with Crippen LogP contribution in [0.1, 0.15) is 26.6 Å². The van der Waals surface area contributed by atoms with Gasteiger partial charge in [-0.2, -0.15) is 4.68 Å². The number of ketones is 1. The van der Waals surface area contributed by atoms with Crippen molar-refractivity contribution < 1.29 is 9.53 Å². The molecule has 0 saturated carbocycles. The van der Waals surface area contributed by atoms with Crippen LogP contribution in [0.5, 0.6) is 5.75 Å². The van der Waals surface area contributed by atoms with Gasteiger partial charge in [0.25, 0.3) is 0 Å². The third-order valence-electron chi connectivity index (χ3n) is 4.85. The first-order chi connectivity index (χ1) is 14.6. The standard InChI is InChI=1S/C21H21N5O2S2/c1-14-11-17(15(2)25(14)12-16-7-6-10-29-16)19(27)13-30-21-22-23-24-26(21)18-8-4-5-9-20(18)28-3/h4-11H,12-13H2,1-3H3. The maximum atomic E-state index is 13.0.